The lowest BCUT2D eigenvalue weighted by atomic mass is 9.93. The molecule has 1 unspecified atom stereocenters. The Hall–Kier alpha value is -4.26. The van der Waals surface area contributed by atoms with E-state index in [2.05, 4.69) is 19.9 Å². The Morgan fingerprint density at radius 3 is 2.38 bits per heavy atom. The third kappa shape index (κ3) is 6.87. The van der Waals surface area contributed by atoms with Crippen LogP contribution in [0.5, 0.6) is 0 Å². The third-order valence-electron chi connectivity index (χ3n) is 8.65. The summed E-state index contributed by atoms with van der Waals surface area (Å²) in [4.78, 5) is 52.8. The largest absolute Gasteiger partial charge is 0.434 e. The fourth-order valence-corrected chi connectivity index (χ4v) is 5.99. The molecule has 1 saturated heterocycles. The van der Waals surface area contributed by atoms with E-state index in [1.807, 2.05) is 0 Å². The van der Waals surface area contributed by atoms with Crippen LogP contribution in [0.4, 0.5) is 23.4 Å². The van der Waals surface area contributed by atoms with E-state index in [0.717, 1.165) is 11.8 Å². The fraction of sp³-hybridized carbons (Fsp3) is 0.438. The lowest BCUT2D eigenvalue weighted by Crippen LogP contribution is -2.40. The van der Waals surface area contributed by atoms with E-state index >= 15 is 4.39 Å². The number of alkyl halides is 3. The van der Waals surface area contributed by atoms with Gasteiger partial charge < -0.3 is 10.6 Å². The molecule has 1 atom stereocenters. The van der Waals surface area contributed by atoms with Gasteiger partial charge in [0.2, 0.25) is 0 Å². The summed E-state index contributed by atoms with van der Waals surface area (Å²) in [5.74, 6) is -1.09. The quantitative estimate of drug-likeness (QED) is 0.300. The van der Waals surface area contributed by atoms with Crippen molar-refractivity contribution in [1.82, 2.24) is 24.8 Å². The molecule has 3 aromatic rings. The summed E-state index contributed by atoms with van der Waals surface area (Å²) in [5, 5.41) is 0. The Bertz CT molecular complexity index is 1600. The van der Waals surface area contributed by atoms with Gasteiger partial charge in [0.25, 0.3) is 5.91 Å². The van der Waals surface area contributed by atoms with E-state index in [9.17, 15) is 27.6 Å². The number of fused-ring (bicyclic) bond motifs is 1. The first-order valence-corrected chi connectivity index (χ1v) is 14.9. The molecule has 0 bridgehead atoms. The van der Waals surface area contributed by atoms with Crippen molar-refractivity contribution in [2.24, 2.45) is 0 Å². The number of pyridine rings is 1. The first-order chi connectivity index (χ1) is 21.4. The summed E-state index contributed by atoms with van der Waals surface area (Å²) in [6, 6.07) is 5.65. The molecule has 45 heavy (non-hydrogen) atoms. The maximum atomic E-state index is 15.8. The van der Waals surface area contributed by atoms with Crippen molar-refractivity contribution in [2.75, 3.05) is 18.8 Å². The number of benzene rings is 1. The summed E-state index contributed by atoms with van der Waals surface area (Å²) < 4.78 is 54.2. The maximum Gasteiger partial charge on any atom is 0.434 e. The summed E-state index contributed by atoms with van der Waals surface area (Å²) in [6.45, 7) is 4.86. The van der Waals surface area contributed by atoms with Crippen molar-refractivity contribution in [2.45, 2.75) is 77.2 Å². The smallest absolute Gasteiger partial charge is 0.383 e. The van der Waals surface area contributed by atoms with Gasteiger partial charge in [-0.05, 0) is 57.5 Å². The monoisotopic (exact) mass is 626 g/mol. The summed E-state index contributed by atoms with van der Waals surface area (Å²) >= 11 is 0. The second kappa shape index (κ2) is 13.0. The molecule has 1 aromatic carbocycles. The first-order valence-electron chi connectivity index (χ1n) is 14.9. The van der Waals surface area contributed by atoms with E-state index in [4.69, 9.17) is 5.73 Å². The molecule has 2 N–H and O–H groups in total. The molecule has 1 amide bonds. The number of amides is 1. The Morgan fingerprint density at radius 2 is 1.78 bits per heavy atom. The fourth-order valence-electron chi connectivity index (χ4n) is 5.99. The maximum absolute atomic E-state index is 15.8. The molecular weight excluding hydrogens is 592 g/mol. The van der Waals surface area contributed by atoms with Crippen molar-refractivity contribution < 1.29 is 31.9 Å². The van der Waals surface area contributed by atoms with Crippen LogP contribution in [0.3, 0.4) is 0 Å². The van der Waals surface area contributed by atoms with Gasteiger partial charge in [0, 0.05) is 53.8 Å². The van der Waals surface area contributed by atoms with Gasteiger partial charge in [0.15, 0.2) is 11.5 Å². The number of Topliss-reactive ketones (excluding diaryl/α,β-unsaturated/α-hetero) is 2. The third-order valence-corrected chi connectivity index (χ3v) is 8.65. The Labute approximate surface area is 257 Å². The van der Waals surface area contributed by atoms with E-state index in [1.54, 1.807) is 19.1 Å². The number of carbonyl (C=O) groups excluding carboxylic acids is 3. The molecule has 0 saturated carbocycles. The van der Waals surface area contributed by atoms with Crippen molar-refractivity contribution in [3.8, 4) is 11.3 Å². The second-order valence-electron chi connectivity index (χ2n) is 11.6. The van der Waals surface area contributed by atoms with Crippen LogP contribution in [0.15, 0.2) is 36.7 Å². The molecule has 1 fully saturated rings. The highest BCUT2D eigenvalue weighted by atomic mass is 19.4. The molecule has 2 aromatic heterocycles. The van der Waals surface area contributed by atoms with Gasteiger partial charge in [-0.2, -0.15) is 13.2 Å². The number of halogens is 4. The highest BCUT2D eigenvalue weighted by molar-refractivity contribution is 6.01. The normalized spacial score (nSPS) is 16.6. The number of aromatic nitrogens is 3. The number of piperidine rings is 1. The van der Waals surface area contributed by atoms with Gasteiger partial charge in [0.1, 0.15) is 17.4 Å². The molecule has 5 rings (SSSR count). The van der Waals surface area contributed by atoms with Crippen molar-refractivity contribution in [3.63, 3.8) is 0 Å². The van der Waals surface area contributed by atoms with Crippen LogP contribution in [-0.2, 0) is 28.9 Å². The van der Waals surface area contributed by atoms with Crippen molar-refractivity contribution >= 4 is 23.3 Å². The van der Waals surface area contributed by atoms with E-state index in [0.29, 0.717) is 50.3 Å². The minimum atomic E-state index is -4.53. The minimum absolute atomic E-state index is 0.00373. The van der Waals surface area contributed by atoms with Crippen LogP contribution in [0.2, 0.25) is 0 Å². The SMILES string of the molecule is CCC(=O)CCC(C(C)=O)N1Cc2c(ccc(-c3ccc(CN4CCC(c5cnc(C(F)(F)F)cn5)CC4)c(N)n3)c2F)C1=O. The highest BCUT2D eigenvalue weighted by Gasteiger charge is 2.37. The predicted octanol–water partition coefficient (Wildman–Crippen LogP) is 5.33. The van der Waals surface area contributed by atoms with Gasteiger partial charge in [-0.1, -0.05) is 13.0 Å². The number of nitrogens with zero attached hydrogens (tertiary/aromatic N) is 5. The van der Waals surface area contributed by atoms with Crippen LogP contribution in [-0.4, -0.2) is 61.4 Å². The number of hydrogen-bond acceptors (Lipinski definition) is 8. The van der Waals surface area contributed by atoms with Crippen LogP contribution < -0.4 is 5.73 Å². The lowest BCUT2D eigenvalue weighted by Gasteiger charge is -2.31. The zero-order chi connectivity index (χ0) is 32.5. The van der Waals surface area contributed by atoms with Gasteiger partial charge in [-0.15, -0.1) is 0 Å². The summed E-state index contributed by atoms with van der Waals surface area (Å²) in [5.41, 5.74) is 7.42. The zero-order valence-corrected chi connectivity index (χ0v) is 25.0. The molecule has 0 aliphatic carbocycles. The topological polar surface area (TPSA) is 122 Å². The molecule has 0 spiro atoms. The van der Waals surface area contributed by atoms with Crippen LogP contribution in [0, 0.1) is 5.82 Å². The minimum Gasteiger partial charge on any atom is -0.383 e. The number of nitrogens with two attached hydrogens (primary N) is 1. The number of anilines is 1. The van der Waals surface area contributed by atoms with Crippen LogP contribution in [0.25, 0.3) is 11.3 Å². The van der Waals surface area contributed by atoms with E-state index in [-0.39, 0.29) is 59.4 Å². The van der Waals surface area contributed by atoms with E-state index < -0.39 is 29.6 Å². The lowest BCUT2D eigenvalue weighted by molar-refractivity contribution is -0.141. The van der Waals surface area contributed by atoms with Gasteiger partial charge in [-0.25, -0.2) is 14.4 Å². The number of ketones is 2. The van der Waals surface area contributed by atoms with Crippen LogP contribution >= 0.6 is 0 Å². The predicted molar refractivity (Wildman–Crippen MR) is 157 cm³/mol. The zero-order valence-electron chi connectivity index (χ0n) is 25.0. The molecule has 4 heterocycles. The Balaban J connectivity index is 1.24. The van der Waals surface area contributed by atoms with Crippen LogP contribution in [0.1, 0.15) is 84.7 Å². The molecule has 238 valence electrons. The standard InChI is InChI=1S/C32H34F4N6O3/c1-3-21(44)5-9-27(18(2)43)42-17-24-22(31(42)45)6-7-23(29(24)33)25-8-4-20(30(37)40-25)16-41-12-10-19(11-13-41)26-14-39-28(15-38-26)32(34,35)36/h4,6-8,14-15,19,27H,3,5,9-13,16-17H2,1-2H3,(H2,37,40). The number of carbonyl (C=O) groups is 3. The summed E-state index contributed by atoms with van der Waals surface area (Å²) in [7, 11) is 0. The highest BCUT2D eigenvalue weighted by Crippen LogP contribution is 2.35. The second-order valence-corrected chi connectivity index (χ2v) is 11.6. The van der Waals surface area contributed by atoms with Gasteiger partial charge in [0.05, 0.1) is 30.2 Å². The Kier molecular flexibility index (Phi) is 9.28. The summed E-state index contributed by atoms with van der Waals surface area (Å²) in [6.07, 6.45) is -0.469. The molecule has 9 nitrogen and oxygen atoms in total. The van der Waals surface area contributed by atoms with Crippen molar-refractivity contribution in [3.05, 3.63) is 70.6 Å². The number of hydrogen-bond donors (Lipinski definition) is 1. The molecule has 2 aliphatic rings. The van der Waals surface area contributed by atoms with Gasteiger partial charge in [-0.3, -0.25) is 24.3 Å². The number of rotatable bonds is 10. The molecular formula is C32H34F4N6O3. The average Bonchev–Trinajstić information content (AvgIpc) is 3.34. The van der Waals surface area contributed by atoms with Crippen molar-refractivity contribution in [1.29, 1.82) is 0 Å². The first kappa shape index (κ1) is 32.1. The molecule has 0 radical (unpaired) electrons. The molecule has 13 heteroatoms. The number of nitrogen functional groups attached to an aromatic ring is 1. The number of likely N-dealkylation sites (tertiary alicyclic amines) is 1. The Morgan fingerprint density at radius 1 is 1.07 bits per heavy atom. The molecule has 2 aliphatic heterocycles. The van der Waals surface area contributed by atoms with Gasteiger partial charge >= 0.3 is 6.18 Å². The van der Waals surface area contributed by atoms with E-state index in [1.165, 1.54) is 30.2 Å². The average molecular weight is 627 g/mol.